The number of piperidine rings is 1. The van der Waals surface area contributed by atoms with Crippen molar-refractivity contribution in [3.8, 4) is 0 Å². The molecule has 5 rings (SSSR count). The second-order valence-corrected chi connectivity index (χ2v) is 10.2. The lowest BCUT2D eigenvalue weighted by atomic mass is 9.88. The number of hydrogen-bond donors (Lipinski definition) is 0. The average molecular weight is 475 g/mol. The third-order valence-electron chi connectivity index (χ3n) is 8.00. The number of fused-ring (bicyclic) bond motifs is 1. The molecule has 2 saturated heterocycles. The van der Waals surface area contributed by atoms with Crippen LogP contribution in [-0.2, 0) is 4.74 Å². The maximum atomic E-state index is 13.6. The summed E-state index contributed by atoms with van der Waals surface area (Å²) in [5.41, 5.74) is 2.05. The van der Waals surface area contributed by atoms with Crippen LogP contribution in [0.3, 0.4) is 0 Å². The molecule has 3 aromatic rings. The summed E-state index contributed by atoms with van der Waals surface area (Å²) in [6.45, 7) is 5.43. The zero-order chi connectivity index (χ0) is 24.2. The Morgan fingerprint density at radius 2 is 1.66 bits per heavy atom. The Morgan fingerprint density at radius 3 is 2.43 bits per heavy atom. The molecular weight excluding hydrogens is 439 g/mol. The number of hydrogen-bond acceptors (Lipinski definition) is 3. The summed E-state index contributed by atoms with van der Waals surface area (Å²) >= 11 is 0. The van der Waals surface area contributed by atoms with Crippen molar-refractivity contribution in [2.24, 2.45) is 11.8 Å². The number of methoxy groups -OCH3 is 1. The van der Waals surface area contributed by atoms with E-state index in [1.54, 1.807) is 19.2 Å². The van der Waals surface area contributed by atoms with E-state index in [9.17, 15) is 9.18 Å². The van der Waals surface area contributed by atoms with Gasteiger partial charge in [-0.15, -0.1) is 0 Å². The fourth-order valence-electron chi connectivity index (χ4n) is 6.01. The minimum absolute atomic E-state index is 0.140. The van der Waals surface area contributed by atoms with Crippen molar-refractivity contribution in [2.45, 2.75) is 25.2 Å². The lowest BCUT2D eigenvalue weighted by molar-refractivity contribution is 0.0780. The van der Waals surface area contributed by atoms with Crippen LogP contribution in [0.4, 0.5) is 4.39 Å². The Kier molecular flexibility index (Phi) is 7.45. The van der Waals surface area contributed by atoms with E-state index in [0.717, 1.165) is 74.9 Å². The number of carbonyl (C=O) groups excluding carboxylic acids is 1. The molecule has 0 aliphatic carbocycles. The second-order valence-electron chi connectivity index (χ2n) is 10.2. The van der Waals surface area contributed by atoms with Crippen LogP contribution in [0.25, 0.3) is 10.8 Å². The number of amides is 1. The largest absolute Gasteiger partial charge is 0.385 e. The highest BCUT2D eigenvalue weighted by molar-refractivity contribution is 6.07. The normalized spacial score (nSPS) is 21.6. The second kappa shape index (κ2) is 10.9. The number of carbonyl (C=O) groups is 1. The molecule has 2 aliphatic rings. The molecule has 2 atom stereocenters. The van der Waals surface area contributed by atoms with Crippen LogP contribution in [-0.4, -0.2) is 62.1 Å². The SMILES string of the molecule is COCCC1CN(C(=O)c2cccc3ccccc23)CC1CN1CCC(c2ccc(F)cc2)CC1. The summed E-state index contributed by atoms with van der Waals surface area (Å²) in [6.07, 6.45) is 3.17. The van der Waals surface area contributed by atoms with Crippen molar-refractivity contribution in [1.82, 2.24) is 9.80 Å². The minimum Gasteiger partial charge on any atom is -0.385 e. The Morgan fingerprint density at radius 1 is 0.943 bits per heavy atom. The smallest absolute Gasteiger partial charge is 0.254 e. The van der Waals surface area contributed by atoms with E-state index in [0.29, 0.717) is 17.8 Å². The molecule has 35 heavy (non-hydrogen) atoms. The number of likely N-dealkylation sites (tertiary alicyclic amines) is 2. The van der Waals surface area contributed by atoms with Gasteiger partial charge < -0.3 is 14.5 Å². The number of rotatable bonds is 7. The van der Waals surface area contributed by atoms with E-state index < -0.39 is 0 Å². The molecule has 2 heterocycles. The Balaban J connectivity index is 1.24. The van der Waals surface area contributed by atoms with Gasteiger partial charge in [-0.2, -0.15) is 0 Å². The van der Waals surface area contributed by atoms with Crippen LogP contribution in [0.2, 0.25) is 0 Å². The van der Waals surface area contributed by atoms with Gasteiger partial charge in [0.15, 0.2) is 0 Å². The molecule has 0 saturated carbocycles. The first-order chi connectivity index (χ1) is 17.1. The molecule has 0 radical (unpaired) electrons. The minimum atomic E-state index is -0.169. The molecule has 0 spiro atoms. The van der Waals surface area contributed by atoms with Gasteiger partial charge in [-0.1, -0.05) is 48.5 Å². The number of benzene rings is 3. The zero-order valence-electron chi connectivity index (χ0n) is 20.5. The number of nitrogens with zero attached hydrogens (tertiary/aromatic N) is 2. The van der Waals surface area contributed by atoms with Gasteiger partial charge in [-0.25, -0.2) is 4.39 Å². The quantitative estimate of drug-likeness (QED) is 0.448. The molecule has 0 aromatic heterocycles. The van der Waals surface area contributed by atoms with Crippen LogP contribution in [0.5, 0.6) is 0 Å². The van der Waals surface area contributed by atoms with Crippen LogP contribution < -0.4 is 0 Å². The fraction of sp³-hybridized carbons (Fsp3) is 0.433. The Bertz CT molecular complexity index is 1140. The first kappa shape index (κ1) is 24.0. The Hall–Kier alpha value is -2.76. The van der Waals surface area contributed by atoms with Crippen molar-refractivity contribution >= 4 is 16.7 Å². The molecule has 184 valence electrons. The van der Waals surface area contributed by atoms with Crippen LogP contribution in [0.15, 0.2) is 66.7 Å². The monoisotopic (exact) mass is 474 g/mol. The van der Waals surface area contributed by atoms with Gasteiger partial charge in [0.25, 0.3) is 5.91 Å². The van der Waals surface area contributed by atoms with Crippen molar-refractivity contribution in [3.63, 3.8) is 0 Å². The zero-order valence-corrected chi connectivity index (χ0v) is 20.5. The van der Waals surface area contributed by atoms with Gasteiger partial charge in [0, 0.05) is 38.9 Å². The van der Waals surface area contributed by atoms with E-state index in [1.807, 2.05) is 42.5 Å². The summed E-state index contributed by atoms with van der Waals surface area (Å²) in [5.74, 6) is 1.37. The highest BCUT2D eigenvalue weighted by atomic mass is 19.1. The predicted molar refractivity (Wildman–Crippen MR) is 138 cm³/mol. The third kappa shape index (κ3) is 5.41. The van der Waals surface area contributed by atoms with Crippen LogP contribution in [0, 0.1) is 17.7 Å². The first-order valence-electron chi connectivity index (χ1n) is 12.9. The number of halogens is 1. The molecule has 0 N–H and O–H groups in total. The van der Waals surface area contributed by atoms with Crippen molar-refractivity contribution in [2.75, 3.05) is 46.4 Å². The number of ether oxygens (including phenoxy) is 1. The van der Waals surface area contributed by atoms with Crippen LogP contribution in [0.1, 0.15) is 41.1 Å². The maximum Gasteiger partial charge on any atom is 0.254 e. The first-order valence-corrected chi connectivity index (χ1v) is 12.9. The van der Waals surface area contributed by atoms with Crippen LogP contribution >= 0.6 is 0 Å². The van der Waals surface area contributed by atoms with E-state index >= 15 is 0 Å². The average Bonchev–Trinajstić information content (AvgIpc) is 3.30. The van der Waals surface area contributed by atoms with E-state index in [4.69, 9.17) is 4.74 Å². The molecule has 2 aliphatic heterocycles. The van der Waals surface area contributed by atoms with Crippen molar-refractivity contribution < 1.29 is 13.9 Å². The van der Waals surface area contributed by atoms with Crippen molar-refractivity contribution in [1.29, 1.82) is 0 Å². The molecular formula is C30H35FN2O2. The van der Waals surface area contributed by atoms with Crippen molar-refractivity contribution in [3.05, 3.63) is 83.7 Å². The van der Waals surface area contributed by atoms with E-state index in [-0.39, 0.29) is 11.7 Å². The fourth-order valence-corrected chi connectivity index (χ4v) is 6.01. The van der Waals surface area contributed by atoms with Gasteiger partial charge >= 0.3 is 0 Å². The molecule has 0 bridgehead atoms. The molecule has 2 unspecified atom stereocenters. The summed E-state index contributed by atoms with van der Waals surface area (Å²) in [5, 5.41) is 2.13. The lowest BCUT2D eigenvalue weighted by Gasteiger charge is -2.34. The molecule has 3 aromatic carbocycles. The topological polar surface area (TPSA) is 32.8 Å². The van der Waals surface area contributed by atoms with Gasteiger partial charge in [0.05, 0.1) is 0 Å². The van der Waals surface area contributed by atoms with Gasteiger partial charge in [-0.3, -0.25) is 4.79 Å². The third-order valence-corrected chi connectivity index (χ3v) is 8.00. The maximum absolute atomic E-state index is 13.6. The summed E-state index contributed by atoms with van der Waals surface area (Å²) in [7, 11) is 1.75. The molecule has 4 nitrogen and oxygen atoms in total. The van der Waals surface area contributed by atoms with Gasteiger partial charge in [0.2, 0.25) is 0 Å². The van der Waals surface area contributed by atoms with Gasteiger partial charge in [0.1, 0.15) is 5.82 Å². The molecule has 2 fully saturated rings. The van der Waals surface area contributed by atoms with Gasteiger partial charge in [-0.05, 0) is 84.6 Å². The van der Waals surface area contributed by atoms with E-state index in [1.165, 1.54) is 5.56 Å². The summed E-state index contributed by atoms with van der Waals surface area (Å²) in [4.78, 5) is 18.2. The predicted octanol–water partition coefficient (Wildman–Crippen LogP) is 5.58. The highest BCUT2D eigenvalue weighted by Crippen LogP contribution is 2.33. The summed E-state index contributed by atoms with van der Waals surface area (Å²) in [6, 6.07) is 21.2. The summed E-state index contributed by atoms with van der Waals surface area (Å²) < 4.78 is 18.7. The molecule has 5 heteroatoms. The molecule has 1 amide bonds. The Labute approximate surface area is 207 Å². The highest BCUT2D eigenvalue weighted by Gasteiger charge is 2.37. The lowest BCUT2D eigenvalue weighted by Crippen LogP contribution is -2.39. The van der Waals surface area contributed by atoms with E-state index in [2.05, 4.69) is 21.9 Å². The standard InChI is InChI=1S/C30H35FN2O2/c1-35-18-15-25-20-33(30(34)29-8-4-6-24-5-2-3-7-28(24)29)21-26(25)19-32-16-13-23(14-17-32)22-9-11-27(31)12-10-22/h2-12,23,25-26H,13-21H2,1H3.